The smallest absolute Gasteiger partial charge is 0.203 e. The van der Waals surface area contributed by atoms with Crippen LogP contribution < -0.4 is 0 Å². The first kappa shape index (κ1) is 10.3. The summed E-state index contributed by atoms with van der Waals surface area (Å²) in [7, 11) is 1.71. The maximum atomic E-state index is 5.29. The van der Waals surface area contributed by atoms with E-state index in [1.54, 1.807) is 7.11 Å². The Labute approximate surface area is 89.9 Å². The Morgan fingerprint density at radius 2 is 2.25 bits per heavy atom. The summed E-state index contributed by atoms with van der Waals surface area (Å²) in [4.78, 5) is 4.26. The average molecular weight is 298 g/mol. The molecule has 0 saturated heterocycles. The number of hydrogen-bond donors (Lipinski definition) is 0. The van der Waals surface area contributed by atoms with Crippen LogP contribution in [0, 0.1) is 3.83 Å². The summed E-state index contributed by atoms with van der Waals surface area (Å²) in [6.07, 6.45) is 0.824. The molecule has 0 atom stereocenters. The molecule has 5 heteroatoms. The van der Waals surface area contributed by atoms with Gasteiger partial charge < -0.3 is 4.74 Å². The Balaban J connectivity index is 2.63. The van der Waals surface area contributed by atoms with E-state index in [2.05, 4.69) is 31.9 Å². The van der Waals surface area contributed by atoms with E-state index in [0.29, 0.717) is 0 Å². The van der Waals surface area contributed by atoms with Crippen molar-refractivity contribution in [2.24, 2.45) is 0 Å². The lowest BCUT2D eigenvalue weighted by atomic mass is 10.1. The van der Waals surface area contributed by atoms with Gasteiger partial charge in [0.1, 0.15) is 5.01 Å². The van der Waals surface area contributed by atoms with Crippen molar-refractivity contribution >= 4 is 34.1 Å². The van der Waals surface area contributed by atoms with E-state index in [1.807, 2.05) is 13.8 Å². The third kappa shape index (κ3) is 2.95. The van der Waals surface area contributed by atoms with Crippen molar-refractivity contribution in [3.8, 4) is 0 Å². The van der Waals surface area contributed by atoms with Gasteiger partial charge in [-0.25, -0.2) is 4.98 Å². The van der Waals surface area contributed by atoms with Crippen molar-refractivity contribution in [2.75, 3.05) is 7.11 Å². The molecular weight excluding hydrogens is 287 g/mol. The van der Waals surface area contributed by atoms with Gasteiger partial charge in [0.05, 0.1) is 5.60 Å². The summed E-state index contributed by atoms with van der Waals surface area (Å²) < 4.78 is 10.2. The van der Waals surface area contributed by atoms with Crippen molar-refractivity contribution in [3.05, 3.63) is 8.84 Å². The Bertz CT molecular complexity index is 262. The molecule has 0 radical (unpaired) electrons. The molecule has 3 nitrogen and oxygen atoms in total. The highest BCUT2D eigenvalue weighted by atomic mass is 127. The van der Waals surface area contributed by atoms with Crippen LogP contribution in [0.5, 0.6) is 0 Å². The molecule has 0 aliphatic rings. The van der Waals surface area contributed by atoms with E-state index >= 15 is 0 Å². The largest absolute Gasteiger partial charge is 0.378 e. The molecule has 0 fully saturated rings. The normalized spacial score (nSPS) is 12.0. The van der Waals surface area contributed by atoms with Gasteiger partial charge in [0, 0.05) is 36.1 Å². The molecule has 68 valence electrons. The molecule has 0 aliphatic heterocycles. The van der Waals surface area contributed by atoms with Crippen molar-refractivity contribution in [1.29, 1.82) is 0 Å². The molecule has 0 bridgehead atoms. The zero-order valence-corrected chi connectivity index (χ0v) is 10.3. The maximum absolute atomic E-state index is 5.29. The fourth-order valence-corrected chi connectivity index (χ4v) is 2.25. The predicted octanol–water partition coefficient (Wildman–Crippen LogP) is 2.11. The van der Waals surface area contributed by atoms with Crippen LogP contribution >= 0.6 is 34.1 Å². The van der Waals surface area contributed by atoms with Crippen molar-refractivity contribution in [3.63, 3.8) is 0 Å². The van der Waals surface area contributed by atoms with Crippen molar-refractivity contribution in [2.45, 2.75) is 25.9 Å². The Morgan fingerprint density at radius 1 is 1.58 bits per heavy atom. The average Bonchev–Trinajstić information content (AvgIpc) is 2.35. The SMILES string of the molecule is COC(C)(C)Cc1nc(I)ns1. The summed E-state index contributed by atoms with van der Waals surface area (Å²) in [5.41, 5.74) is -0.136. The minimum absolute atomic E-state index is 0.136. The zero-order valence-electron chi connectivity index (χ0n) is 7.30. The van der Waals surface area contributed by atoms with Gasteiger partial charge in [0.2, 0.25) is 3.83 Å². The Hall–Kier alpha value is 0.250. The van der Waals surface area contributed by atoms with Gasteiger partial charge in [-0.1, -0.05) is 0 Å². The van der Waals surface area contributed by atoms with Crippen molar-refractivity contribution in [1.82, 2.24) is 9.36 Å². The quantitative estimate of drug-likeness (QED) is 0.802. The molecular formula is C7H11IN2OS. The molecule has 0 saturated carbocycles. The van der Waals surface area contributed by atoms with E-state index in [-0.39, 0.29) is 5.60 Å². The third-order valence-corrected chi connectivity index (χ3v) is 3.09. The number of halogens is 1. The van der Waals surface area contributed by atoms with E-state index in [4.69, 9.17) is 4.74 Å². The molecule has 0 aromatic carbocycles. The zero-order chi connectivity index (χ0) is 9.19. The van der Waals surface area contributed by atoms with Gasteiger partial charge >= 0.3 is 0 Å². The monoisotopic (exact) mass is 298 g/mol. The number of rotatable bonds is 3. The molecule has 0 aliphatic carbocycles. The summed E-state index contributed by atoms with van der Waals surface area (Å²) >= 11 is 3.55. The standard InChI is InChI=1S/C7H11IN2OS/c1-7(2,11-3)4-5-9-6(8)10-12-5/h4H2,1-3H3. The first-order valence-electron chi connectivity index (χ1n) is 3.57. The van der Waals surface area contributed by atoms with Crippen LogP contribution in [0.4, 0.5) is 0 Å². The van der Waals surface area contributed by atoms with Gasteiger partial charge in [-0.05, 0) is 25.4 Å². The number of ether oxygens (including phenoxy) is 1. The fraction of sp³-hybridized carbons (Fsp3) is 0.714. The molecule has 0 N–H and O–H groups in total. The van der Waals surface area contributed by atoms with Crippen LogP contribution in [-0.2, 0) is 11.2 Å². The molecule has 1 aromatic heterocycles. The summed E-state index contributed by atoms with van der Waals surface area (Å²) in [5.74, 6) is 0. The van der Waals surface area contributed by atoms with Gasteiger partial charge in [-0.2, -0.15) is 4.37 Å². The van der Waals surface area contributed by atoms with E-state index in [0.717, 1.165) is 15.3 Å². The lowest BCUT2D eigenvalue weighted by Gasteiger charge is -2.20. The van der Waals surface area contributed by atoms with E-state index in [1.165, 1.54) is 11.5 Å². The molecule has 1 aromatic rings. The first-order chi connectivity index (χ1) is 5.53. The minimum atomic E-state index is -0.136. The van der Waals surface area contributed by atoms with Crippen molar-refractivity contribution < 1.29 is 4.74 Å². The summed E-state index contributed by atoms with van der Waals surface area (Å²) in [6, 6.07) is 0. The second kappa shape index (κ2) is 3.97. The second-order valence-electron chi connectivity index (χ2n) is 3.10. The predicted molar refractivity (Wildman–Crippen MR) is 57.4 cm³/mol. The highest BCUT2D eigenvalue weighted by Gasteiger charge is 2.19. The molecule has 1 rings (SSSR count). The van der Waals surface area contributed by atoms with Gasteiger partial charge in [0.15, 0.2) is 0 Å². The Morgan fingerprint density at radius 3 is 2.67 bits per heavy atom. The maximum Gasteiger partial charge on any atom is 0.203 e. The molecule has 0 unspecified atom stereocenters. The lowest BCUT2D eigenvalue weighted by molar-refractivity contribution is 0.0231. The Kier molecular flexibility index (Phi) is 3.42. The fourth-order valence-electron chi connectivity index (χ4n) is 0.742. The van der Waals surface area contributed by atoms with Crippen LogP contribution in [-0.4, -0.2) is 22.1 Å². The number of hydrogen-bond acceptors (Lipinski definition) is 4. The van der Waals surface area contributed by atoms with Gasteiger partial charge in [-0.3, -0.25) is 0 Å². The van der Waals surface area contributed by atoms with E-state index in [9.17, 15) is 0 Å². The lowest BCUT2D eigenvalue weighted by Crippen LogP contribution is -2.25. The molecule has 12 heavy (non-hydrogen) atoms. The van der Waals surface area contributed by atoms with Crippen LogP contribution in [0.3, 0.4) is 0 Å². The number of methoxy groups -OCH3 is 1. The highest BCUT2D eigenvalue weighted by Crippen LogP contribution is 2.17. The minimum Gasteiger partial charge on any atom is -0.378 e. The number of aromatic nitrogens is 2. The van der Waals surface area contributed by atoms with Gasteiger partial charge in [-0.15, -0.1) is 0 Å². The topological polar surface area (TPSA) is 35.0 Å². The van der Waals surface area contributed by atoms with E-state index < -0.39 is 0 Å². The third-order valence-electron chi connectivity index (χ3n) is 1.57. The summed E-state index contributed by atoms with van der Waals surface area (Å²) in [5, 5.41) is 1.03. The molecule has 0 spiro atoms. The summed E-state index contributed by atoms with van der Waals surface area (Å²) in [6.45, 7) is 4.09. The molecule has 1 heterocycles. The molecule has 0 amide bonds. The van der Waals surface area contributed by atoms with Crippen LogP contribution in [0.2, 0.25) is 0 Å². The highest BCUT2D eigenvalue weighted by molar-refractivity contribution is 14.1. The first-order valence-corrected chi connectivity index (χ1v) is 5.42. The van der Waals surface area contributed by atoms with Crippen LogP contribution in [0.1, 0.15) is 18.9 Å². The van der Waals surface area contributed by atoms with Gasteiger partial charge in [0.25, 0.3) is 0 Å². The van der Waals surface area contributed by atoms with Crippen LogP contribution in [0.25, 0.3) is 0 Å². The van der Waals surface area contributed by atoms with Crippen LogP contribution in [0.15, 0.2) is 0 Å². The number of nitrogens with zero attached hydrogens (tertiary/aromatic N) is 2. The second-order valence-corrected chi connectivity index (χ2v) is 4.90.